The number of fused-ring (bicyclic) bond motifs is 2. The van der Waals surface area contributed by atoms with Crippen LogP contribution in [0, 0.1) is 0 Å². The molecule has 2 heterocycles. The molecule has 0 spiro atoms. The van der Waals surface area contributed by atoms with Gasteiger partial charge in [0.2, 0.25) is 17.7 Å². The Hall–Kier alpha value is -4.28. The first-order valence-corrected chi connectivity index (χ1v) is 14.1. The van der Waals surface area contributed by atoms with Crippen molar-refractivity contribution in [1.29, 1.82) is 0 Å². The van der Waals surface area contributed by atoms with E-state index in [-0.39, 0.29) is 37.0 Å². The minimum absolute atomic E-state index is 0.154. The minimum atomic E-state index is -1.12. The molecule has 3 N–H and O–H groups in total. The molecule has 2 aliphatic rings. The van der Waals surface area contributed by atoms with Crippen LogP contribution in [0.25, 0.3) is 0 Å². The van der Waals surface area contributed by atoms with Gasteiger partial charge in [-0.15, -0.1) is 0 Å². The largest absolute Gasteiger partial charge is 0.493 e. The van der Waals surface area contributed by atoms with E-state index in [4.69, 9.17) is 14.2 Å². The summed E-state index contributed by atoms with van der Waals surface area (Å²) in [5.74, 6) is 0.0521. The maximum Gasteiger partial charge on any atom is 0.255 e. The second-order valence-electron chi connectivity index (χ2n) is 9.92. The molecule has 0 aliphatic carbocycles. The topological polar surface area (TPSA) is 135 Å². The van der Waals surface area contributed by atoms with Crippen LogP contribution in [0.1, 0.15) is 48.5 Å². The second-order valence-corrected chi connectivity index (χ2v) is 9.92. The number of carbonyl (C=O) groups excluding carboxylic acids is 4. The fourth-order valence-electron chi connectivity index (χ4n) is 5.08. The Morgan fingerprint density at radius 3 is 2.78 bits per heavy atom. The maximum absolute atomic E-state index is 13.3. The molecule has 0 radical (unpaired) electrons. The monoisotopic (exact) mass is 566 g/mol. The summed E-state index contributed by atoms with van der Waals surface area (Å²) in [4.78, 5) is 54.1. The molecule has 0 aromatic heterocycles. The molecule has 11 heteroatoms. The Labute approximate surface area is 239 Å². The summed E-state index contributed by atoms with van der Waals surface area (Å²) in [5, 5.41) is 8.41. The molecule has 2 aromatic carbocycles. The smallest absolute Gasteiger partial charge is 0.255 e. The number of hydrogen-bond donors (Lipinski definition) is 3. The predicted molar refractivity (Wildman–Crippen MR) is 151 cm³/mol. The van der Waals surface area contributed by atoms with E-state index in [1.807, 2.05) is 25.1 Å². The lowest BCUT2D eigenvalue weighted by molar-refractivity contribution is -0.140. The third-order valence-electron chi connectivity index (χ3n) is 7.14. The number of ether oxygens (including phenoxy) is 3. The van der Waals surface area contributed by atoms with Gasteiger partial charge in [0.25, 0.3) is 5.91 Å². The molecule has 0 bridgehead atoms. The first kappa shape index (κ1) is 29.7. The Kier molecular flexibility index (Phi) is 10.4. The van der Waals surface area contributed by atoms with E-state index in [0.717, 1.165) is 5.56 Å². The summed E-state index contributed by atoms with van der Waals surface area (Å²) in [6.07, 6.45) is 2.27. The van der Waals surface area contributed by atoms with Gasteiger partial charge < -0.3 is 35.1 Å². The Morgan fingerprint density at radius 2 is 1.98 bits per heavy atom. The van der Waals surface area contributed by atoms with Crippen molar-refractivity contribution in [3.8, 4) is 17.2 Å². The summed E-state index contributed by atoms with van der Waals surface area (Å²) in [6.45, 7) is 3.59. The zero-order valence-electron chi connectivity index (χ0n) is 23.6. The van der Waals surface area contributed by atoms with Crippen LogP contribution in [0.2, 0.25) is 0 Å². The van der Waals surface area contributed by atoms with E-state index in [2.05, 4.69) is 16.0 Å². The summed E-state index contributed by atoms with van der Waals surface area (Å²) in [5.41, 5.74) is 1.26. The van der Waals surface area contributed by atoms with Crippen LogP contribution in [0.15, 0.2) is 42.5 Å². The Bertz CT molecular complexity index is 1250. The van der Waals surface area contributed by atoms with Crippen molar-refractivity contribution in [1.82, 2.24) is 20.9 Å². The van der Waals surface area contributed by atoms with Crippen molar-refractivity contribution < 1.29 is 33.4 Å². The van der Waals surface area contributed by atoms with Crippen molar-refractivity contribution in [2.45, 2.75) is 51.1 Å². The number of carbonyl (C=O) groups is 4. The van der Waals surface area contributed by atoms with Crippen LogP contribution in [0.3, 0.4) is 0 Å². The number of hydrogen-bond acceptors (Lipinski definition) is 7. The van der Waals surface area contributed by atoms with E-state index < -0.39 is 23.9 Å². The fourth-order valence-corrected chi connectivity index (χ4v) is 5.08. The SMILES string of the molecule is CCOc1ccc(CCCNC(=O)[C@@H]2CC(=O)N3CCC[C@H]3C(=O)NCCOc3ccccc3C(=O)N2)cc1OC. The highest BCUT2D eigenvalue weighted by molar-refractivity contribution is 6.01. The molecule has 2 aromatic rings. The van der Waals surface area contributed by atoms with Gasteiger partial charge in [-0.25, -0.2) is 0 Å². The van der Waals surface area contributed by atoms with E-state index in [1.54, 1.807) is 31.4 Å². The van der Waals surface area contributed by atoms with Crippen LogP contribution in [0.4, 0.5) is 0 Å². The highest BCUT2D eigenvalue weighted by Gasteiger charge is 2.36. The molecule has 2 atom stereocenters. The summed E-state index contributed by atoms with van der Waals surface area (Å²) < 4.78 is 16.7. The van der Waals surface area contributed by atoms with Gasteiger partial charge in [0.15, 0.2) is 11.5 Å². The molecule has 0 unspecified atom stereocenters. The van der Waals surface area contributed by atoms with Crippen molar-refractivity contribution in [3.05, 3.63) is 53.6 Å². The number of benzene rings is 2. The lowest BCUT2D eigenvalue weighted by atomic mass is 10.1. The van der Waals surface area contributed by atoms with Gasteiger partial charge in [-0.1, -0.05) is 18.2 Å². The van der Waals surface area contributed by atoms with Crippen molar-refractivity contribution >= 4 is 23.6 Å². The summed E-state index contributed by atoms with van der Waals surface area (Å²) in [7, 11) is 1.59. The third-order valence-corrected chi connectivity index (χ3v) is 7.14. The molecular weight excluding hydrogens is 528 g/mol. The quantitative estimate of drug-likeness (QED) is 0.415. The normalized spacial score (nSPS) is 19.6. The van der Waals surface area contributed by atoms with Gasteiger partial charge in [0.1, 0.15) is 24.4 Å². The van der Waals surface area contributed by atoms with Crippen LogP contribution in [-0.2, 0) is 20.8 Å². The van der Waals surface area contributed by atoms with Crippen molar-refractivity contribution in [2.75, 3.05) is 40.0 Å². The molecule has 1 fully saturated rings. The highest BCUT2D eigenvalue weighted by atomic mass is 16.5. The summed E-state index contributed by atoms with van der Waals surface area (Å²) >= 11 is 0. The van der Waals surface area contributed by atoms with Gasteiger partial charge in [-0.05, 0) is 62.4 Å². The molecule has 4 amide bonds. The molecule has 4 rings (SSSR count). The molecular formula is C30H38N4O7. The van der Waals surface area contributed by atoms with Crippen molar-refractivity contribution in [3.63, 3.8) is 0 Å². The molecule has 1 saturated heterocycles. The number of nitrogens with zero attached hydrogens (tertiary/aromatic N) is 1. The van der Waals surface area contributed by atoms with Gasteiger partial charge in [0.05, 0.1) is 32.2 Å². The fraction of sp³-hybridized carbons (Fsp3) is 0.467. The van der Waals surface area contributed by atoms with E-state index in [0.29, 0.717) is 62.6 Å². The zero-order valence-corrected chi connectivity index (χ0v) is 23.6. The third kappa shape index (κ3) is 7.68. The average molecular weight is 567 g/mol. The molecule has 41 heavy (non-hydrogen) atoms. The number of rotatable bonds is 8. The average Bonchev–Trinajstić information content (AvgIpc) is 3.48. The van der Waals surface area contributed by atoms with Gasteiger partial charge in [0, 0.05) is 13.1 Å². The van der Waals surface area contributed by atoms with E-state index in [1.165, 1.54) is 4.90 Å². The first-order valence-electron chi connectivity index (χ1n) is 14.1. The Morgan fingerprint density at radius 1 is 1.15 bits per heavy atom. The van der Waals surface area contributed by atoms with Crippen LogP contribution in [-0.4, -0.2) is 80.6 Å². The molecule has 2 aliphatic heterocycles. The van der Waals surface area contributed by atoms with Crippen molar-refractivity contribution in [2.24, 2.45) is 0 Å². The van der Waals surface area contributed by atoms with Crippen LogP contribution >= 0.6 is 0 Å². The summed E-state index contributed by atoms with van der Waals surface area (Å²) in [6, 6.07) is 10.7. The lowest BCUT2D eigenvalue weighted by Gasteiger charge is -2.27. The molecule has 0 saturated carbocycles. The minimum Gasteiger partial charge on any atom is -0.493 e. The Balaban J connectivity index is 1.44. The van der Waals surface area contributed by atoms with Gasteiger partial charge >= 0.3 is 0 Å². The van der Waals surface area contributed by atoms with Crippen LogP contribution < -0.4 is 30.2 Å². The number of aryl methyl sites for hydroxylation is 1. The van der Waals surface area contributed by atoms with Gasteiger partial charge in [-0.3, -0.25) is 19.2 Å². The predicted octanol–water partition coefficient (Wildman–Crippen LogP) is 1.83. The van der Waals surface area contributed by atoms with E-state index in [9.17, 15) is 19.2 Å². The molecule has 220 valence electrons. The lowest BCUT2D eigenvalue weighted by Crippen LogP contribution is -2.52. The zero-order chi connectivity index (χ0) is 29.2. The number of para-hydroxylation sites is 1. The number of nitrogens with one attached hydrogen (secondary N) is 3. The van der Waals surface area contributed by atoms with Gasteiger partial charge in [-0.2, -0.15) is 0 Å². The molecule has 11 nitrogen and oxygen atoms in total. The first-order chi connectivity index (χ1) is 19.9. The maximum atomic E-state index is 13.3. The highest BCUT2D eigenvalue weighted by Crippen LogP contribution is 2.28. The number of amides is 4. The van der Waals surface area contributed by atoms with Crippen LogP contribution in [0.5, 0.6) is 17.2 Å². The van der Waals surface area contributed by atoms with E-state index >= 15 is 0 Å². The second kappa shape index (κ2) is 14.4. The standard InChI is InChI=1S/C30H38N4O7/c1-3-40-25-13-12-20(18-26(25)39-2)8-6-14-31-29(37)22-19-27(35)34-16-7-10-23(34)30(38)32-15-17-41-24-11-5-4-9-21(24)28(36)33-22/h4-5,9,11-13,18,22-23H,3,6-8,10,14-17,19H2,1-2H3,(H,31,37)(H,32,38)(H,33,36)/t22-,23-/m0/s1. The number of methoxy groups -OCH3 is 1.